The molecule has 0 fully saturated rings. The molecule has 0 saturated heterocycles. The van der Waals surface area contributed by atoms with E-state index < -0.39 is 6.10 Å². The highest BCUT2D eigenvalue weighted by Crippen LogP contribution is 2.33. The van der Waals surface area contributed by atoms with E-state index in [0.29, 0.717) is 23.5 Å². The summed E-state index contributed by atoms with van der Waals surface area (Å²) in [5.41, 5.74) is 3.58. The van der Waals surface area contributed by atoms with Crippen molar-refractivity contribution in [3.8, 4) is 5.75 Å². The quantitative estimate of drug-likeness (QED) is 0.886. The van der Waals surface area contributed by atoms with Crippen LogP contribution in [-0.4, -0.2) is 37.6 Å². The van der Waals surface area contributed by atoms with Crippen molar-refractivity contribution in [2.24, 2.45) is 0 Å². The average Bonchev–Trinajstić information content (AvgIpc) is 3.05. The van der Waals surface area contributed by atoms with Crippen molar-refractivity contribution < 1.29 is 14.3 Å². The molecule has 2 aromatic rings. The van der Waals surface area contributed by atoms with E-state index in [0.717, 1.165) is 19.5 Å². The van der Waals surface area contributed by atoms with Crippen molar-refractivity contribution in [2.75, 3.05) is 29.9 Å². The summed E-state index contributed by atoms with van der Waals surface area (Å²) in [6.45, 7) is 3.94. The maximum absolute atomic E-state index is 12.6. The zero-order valence-corrected chi connectivity index (χ0v) is 14.6. The average molecular weight is 351 g/mol. The molecule has 0 aliphatic carbocycles. The normalized spacial score (nSPS) is 17.8. The number of benzene rings is 2. The first-order chi connectivity index (χ1) is 12.6. The molecule has 2 N–H and O–H groups in total. The Morgan fingerprint density at radius 2 is 2.12 bits per heavy atom. The van der Waals surface area contributed by atoms with Crippen molar-refractivity contribution >= 4 is 23.2 Å². The van der Waals surface area contributed by atoms with Crippen LogP contribution in [0.25, 0.3) is 0 Å². The molecule has 2 aliphatic heterocycles. The van der Waals surface area contributed by atoms with Crippen LogP contribution in [0, 0.1) is 0 Å². The number of hydrogen-bond donors (Lipinski definition) is 2. The highest BCUT2D eigenvalue weighted by Gasteiger charge is 2.27. The lowest BCUT2D eigenvalue weighted by atomic mass is 10.1. The minimum Gasteiger partial charge on any atom is -0.478 e. The van der Waals surface area contributed by atoms with Crippen LogP contribution >= 0.6 is 0 Å². The Labute approximate surface area is 152 Å². The molecule has 1 atom stereocenters. The van der Waals surface area contributed by atoms with Gasteiger partial charge in [0.2, 0.25) is 0 Å². The zero-order chi connectivity index (χ0) is 18.1. The van der Waals surface area contributed by atoms with E-state index in [9.17, 15) is 9.59 Å². The van der Waals surface area contributed by atoms with E-state index in [-0.39, 0.29) is 11.8 Å². The summed E-state index contributed by atoms with van der Waals surface area (Å²) in [7, 11) is 0. The molecule has 0 aromatic heterocycles. The van der Waals surface area contributed by atoms with Crippen molar-refractivity contribution in [3.63, 3.8) is 0 Å². The van der Waals surface area contributed by atoms with Gasteiger partial charge < -0.3 is 20.3 Å². The maximum atomic E-state index is 12.6. The first-order valence-electron chi connectivity index (χ1n) is 8.85. The minimum atomic E-state index is -0.613. The van der Waals surface area contributed by atoms with Gasteiger partial charge in [-0.05, 0) is 37.1 Å². The van der Waals surface area contributed by atoms with Crippen LogP contribution in [-0.2, 0) is 11.2 Å². The number of nitrogens with one attached hydrogen (secondary N) is 2. The van der Waals surface area contributed by atoms with Crippen LogP contribution in [0.1, 0.15) is 22.8 Å². The predicted octanol–water partition coefficient (Wildman–Crippen LogP) is 2.20. The van der Waals surface area contributed by atoms with Crippen LogP contribution in [0.2, 0.25) is 0 Å². The molecule has 2 aliphatic rings. The number of ether oxygens (including phenoxy) is 1. The molecule has 0 spiro atoms. The Kier molecular flexibility index (Phi) is 4.24. The standard InChI is InChI=1S/C20H21N3O3/c1-13-19(24)22-16-7-4-6-15(18(16)26-13)20(25)21-10-12-23-11-9-14-5-2-3-8-17(14)23/h2-8,13H,9-12H2,1H3,(H,21,25)(H,22,24). The van der Waals surface area contributed by atoms with E-state index in [1.54, 1.807) is 25.1 Å². The smallest absolute Gasteiger partial charge is 0.265 e. The summed E-state index contributed by atoms with van der Waals surface area (Å²) >= 11 is 0. The second-order valence-corrected chi connectivity index (χ2v) is 6.55. The fourth-order valence-electron chi connectivity index (χ4n) is 3.44. The fourth-order valence-corrected chi connectivity index (χ4v) is 3.44. The number of rotatable bonds is 4. The number of nitrogens with zero attached hydrogens (tertiary/aromatic N) is 1. The summed E-state index contributed by atoms with van der Waals surface area (Å²) < 4.78 is 5.64. The molecule has 26 heavy (non-hydrogen) atoms. The van der Waals surface area contributed by atoms with E-state index in [1.807, 2.05) is 6.07 Å². The van der Waals surface area contributed by atoms with Crippen LogP contribution in [0.4, 0.5) is 11.4 Å². The number of carbonyl (C=O) groups is 2. The Morgan fingerprint density at radius 3 is 3.00 bits per heavy atom. The molecule has 134 valence electrons. The largest absolute Gasteiger partial charge is 0.478 e. The van der Waals surface area contributed by atoms with E-state index in [2.05, 4.69) is 33.7 Å². The Morgan fingerprint density at radius 1 is 1.27 bits per heavy atom. The van der Waals surface area contributed by atoms with Gasteiger partial charge in [0.15, 0.2) is 11.9 Å². The summed E-state index contributed by atoms with van der Waals surface area (Å²) in [6, 6.07) is 13.6. The number of hydrogen-bond acceptors (Lipinski definition) is 4. The van der Waals surface area contributed by atoms with Gasteiger partial charge in [-0.15, -0.1) is 0 Å². The lowest BCUT2D eigenvalue weighted by Crippen LogP contribution is -2.37. The number of anilines is 2. The molecule has 2 heterocycles. The highest BCUT2D eigenvalue weighted by atomic mass is 16.5. The van der Waals surface area contributed by atoms with Crippen molar-refractivity contribution in [1.29, 1.82) is 0 Å². The van der Waals surface area contributed by atoms with E-state index in [1.165, 1.54) is 11.3 Å². The molecule has 2 aromatic carbocycles. The molecular weight excluding hydrogens is 330 g/mol. The lowest BCUT2D eigenvalue weighted by molar-refractivity contribution is -0.122. The van der Waals surface area contributed by atoms with Gasteiger partial charge >= 0.3 is 0 Å². The van der Waals surface area contributed by atoms with Crippen molar-refractivity contribution in [3.05, 3.63) is 53.6 Å². The Hall–Kier alpha value is -3.02. The molecule has 2 amide bonds. The first-order valence-corrected chi connectivity index (χ1v) is 8.85. The van der Waals surface area contributed by atoms with Crippen molar-refractivity contribution in [1.82, 2.24) is 5.32 Å². The van der Waals surface area contributed by atoms with Gasteiger partial charge in [-0.3, -0.25) is 9.59 Å². The molecule has 1 unspecified atom stereocenters. The van der Waals surface area contributed by atoms with Gasteiger partial charge in [0.25, 0.3) is 11.8 Å². The number of para-hydroxylation sites is 2. The monoisotopic (exact) mass is 351 g/mol. The van der Waals surface area contributed by atoms with Crippen LogP contribution in [0.3, 0.4) is 0 Å². The molecule has 0 bridgehead atoms. The molecular formula is C20H21N3O3. The van der Waals surface area contributed by atoms with E-state index in [4.69, 9.17) is 4.74 Å². The zero-order valence-electron chi connectivity index (χ0n) is 14.6. The lowest BCUT2D eigenvalue weighted by Gasteiger charge is -2.25. The van der Waals surface area contributed by atoms with Crippen LogP contribution in [0.5, 0.6) is 5.75 Å². The molecule has 0 saturated carbocycles. The number of amides is 2. The van der Waals surface area contributed by atoms with Gasteiger partial charge in [-0.2, -0.15) is 0 Å². The second-order valence-electron chi connectivity index (χ2n) is 6.55. The highest BCUT2D eigenvalue weighted by molar-refractivity contribution is 6.03. The maximum Gasteiger partial charge on any atom is 0.265 e. The fraction of sp³-hybridized carbons (Fsp3) is 0.300. The Balaban J connectivity index is 1.41. The summed E-state index contributed by atoms with van der Waals surface area (Å²) in [5, 5.41) is 5.72. The van der Waals surface area contributed by atoms with Gasteiger partial charge in [0.1, 0.15) is 0 Å². The number of fused-ring (bicyclic) bond motifs is 2. The topological polar surface area (TPSA) is 70.7 Å². The Bertz CT molecular complexity index is 865. The summed E-state index contributed by atoms with van der Waals surface area (Å²) in [6.07, 6.45) is 0.430. The summed E-state index contributed by atoms with van der Waals surface area (Å²) in [4.78, 5) is 26.6. The van der Waals surface area contributed by atoms with Gasteiger partial charge in [-0.25, -0.2) is 0 Å². The molecule has 6 heteroatoms. The second kappa shape index (κ2) is 6.71. The van der Waals surface area contributed by atoms with Crippen LogP contribution in [0.15, 0.2) is 42.5 Å². The van der Waals surface area contributed by atoms with Gasteiger partial charge in [0.05, 0.1) is 11.3 Å². The first kappa shape index (κ1) is 16.4. The third-order valence-electron chi connectivity index (χ3n) is 4.83. The SMILES string of the molecule is CC1Oc2c(cccc2C(=O)NCCN2CCc3ccccc32)NC1=O. The molecule has 6 nitrogen and oxygen atoms in total. The summed E-state index contributed by atoms with van der Waals surface area (Å²) in [5.74, 6) is 0.0315. The minimum absolute atomic E-state index is 0.197. The molecule has 4 rings (SSSR count). The van der Waals surface area contributed by atoms with Crippen LogP contribution < -0.4 is 20.3 Å². The van der Waals surface area contributed by atoms with E-state index >= 15 is 0 Å². The van der Waals surface area contributed by atoms with Crippen molar-refractivity contribution in [2.45, 2.75) is 19.4 Å². The predicted molar refractivity (Wildman–Crippen MR) is 99.9 cm³/mol. The van der Waals surface area contributed by atoms with Gasteiger partial charge in [-0.1, -0.05) is 24.3 Å². The third kappa shape index (κ3) is 2.98. The third-order valence-corrected chi connectivity index (χ3v) is 4.83. The number of carbonyl (C=O) groups excluding carboxylic acids is 2. The molecule has 0 radical (unpaired) electrons. The van der Waals surface area contributed by atoms with Gasteiger partial charge in [0, 0.05) is 25.3 Å².